The third kappa shape index (κ3) is 7.29. The Morgan fingerprint density at radius 1 is 1.16 bits per heavy atom. The van der Waals surface area contributed by atoms with E-state index < -0.39 is 35.1 Å². The van der Waals surface area contributed by atoms with Crippen molar-refractivity contribution in [3.05, 3.63) is 59.1 Å². The molecule has 0 fully saturated rings. The van der Waals surface area contributed by atoms with E-state index in [9.17, 15) is 26.8 Å². The van der Waals surface area contributed by atoms with Crippen LogP contribution in [0.4, 0.5) is 14.5 Å². The summed E-state index contributed by atoms with van der Waals surface area (Å²) in [5, 5.41) is 2.48. The maximum Gasteiger partial charge on any atom is 0.387 e. The Hall–Kier alpha value is -3.02. The summed E-state index contributed by atoms with van der Waals surface area (Å²) in [6.07, 6.45) is 2.41. The van der Waals surface area contributed by atoms with Crippen LogP contribution < -0.4 is 10.1 Å². The van der Waals surface area contributed by atoms with E-state index >= 15 is 0 Å². The van der Waals surface area contributed by atoms with Crippen LogP contribution in [0, 0.1) is 0 Å². The van der Waals surface area contributed by atoms with Crippen LogP contribution in [-0.2, 0) is 24.3 Å². The zero-order chi connectivity index (χ0) is 23.9. The van der Waals surface area contributed by atoms with Crippen LogP contribution in [0.1, 0.15) is 5.56 Å². The Kier molecular flexibility index (Phi) is 8.70. The van der Waals surface area contributed by atoms with Crippen LogP contribution in [0.2, 0.25) is 5.02 Å². The average molecular weight is 489 g/mol. The minimum Gasteiger partial charge on any atom is -0.452 e. The molecular formula is C20H19ClF2N2O6S. The summed E-state index contributed by atoms with van der Waals surface area (Å²) in [6, 6.07) is 9.32. The number of carbonyl (C=O) groups is 2. The molecule has 0 unspecified atom stereocenters. The van der Waals surface area contributed by atoms with Gasteiger partial charge in [-0.05, 0) is 42.0 Å². The Morgan fingerprint density at radius 2 is 1.81 bits per heavy atom. The second kappa shape index (κ2) is 11.0. The van der Waals surface area contributed by atoms with E-state index in [1.165, 1.54) is 62.6 Å². The number of anilines is 1. The van der Waals surface area contributed by atoms with Crippen molar-refractivity contribution in [2.45, 2.75) is 11.5 Å². The fourth-order valence-electron chi connectivity index (χ4n) is 2.27. The maximum atomic E-state index is 12.2. The van der Waals surface area contributed by atoms with Gasteiger partial charge in [-0.15, -0.1) is 0 Å². The number of nitrogens with zero attached hydrogens (tertiary/aromatic N) is 1. The molecule has 8 nitrogen and oxygen atoms in total. The number of ether oxygens (including phenoxy) is 2. The predicted molar refractivity (Wildman–Crippen MR) is 114 cm³/mol. The number of hydrogen-bond donors (Lipinski definition) is 1. The van der Waals surface area contributed by atoms with Crippen molar-refractivity contribution >= 4 is 45.3 Å². The Bertz CT molecular complexity index is 1110. The lowest BCUT2D eigenvalue weighted by atomic mass is 10.2. The van der Waals surface area contributed by atoms with E-state index in [0.29, 0.717) is 5.56 Å². The molecule has 1 N–H and O–H groups in total. The van der Waals surface area contributed by atoms with Gasteiger partial charge in [-0.3, -0.25) is 4.79 Å². The third-order valence-corrected chi connectivity index (χ3v) is 5.99. The number of esters is 1. The van der Waals surface area contributed by atoms with E-state index in [1.54, 1.807) is 0 Å². The number of benzene rings is 2. The van der Waals surface area contributed by atoms with Crippen molar-refractivity contribution in [2.24, 2.45) is 0 Å². The van der Waals surface area contributed by atoms with Gasteiger partial charge in [0.05, 0.1) is 15.6 Å². The smallest absolute Gasteiger partial charge is 0.387 e. The molecular weight excluding hydrogens is 470 g/mol. The van der Waals surface area contributed by atoms with E-state index in [1.807, 2.05) is 0 Å². The molecule has 32 heavy (non-hydrogen) atoms. The highest BCUT2D eigenvalue weighted by molar-refractivity contribution is 7.89. The van der Waals surface area contributed by atoms with Crippen LogP contribution in [0.5, 0.6) is 5.75 Å². The zero-order valence-corrected chi connectivity index (χ0v) is 18.5. The first-order valence-electron chi connectivity index (χ1n) is 8.90. The molecule has 0 radical (unpaired) electrons. The summed E-state index contributed by atoms with van der Waals surface area (Å²) in [5.41, 5.74) is 0.552. The molecule has 0 bridgehead atoms. The third-order valence-electron chi connectivity index (χ3n) is 3.85. The number of alkyl halides is 2. The van der Waals surface area contributed by atoms with Crippen molar-refractivity contribution in [2.75, 3.05) is 26.0 Å². The molecule has 1 amide bonds. The molecule has 172 valence electrons. The fourth-order valence-corrected chi connectivity index (χ4v) is 3.36. The van der Waals surface area contributed by atoms with Crippen molar-refractivity contribution in [1.29, 1.82) is 0 Å². The highest BCUT2D eigenvalue weighted by Gasteiger charge is 2.19. The van der Waals surface area contributed by atoms with Crippen molar-refractivity contribution in [3.63, 3.8) is 0 Å². The monoisotopic (exact) mass is 488 g/mol. The Balaban J connectivity index is 1.93. The number of halogens is 3. The lowest BCUT2D eigenvalue weighted by Crippen LogP contribution is -2.23. The first-order chi connectivity index (χ1) is 15.0. The molecule has 0 aromatic heterocycles. The molecule has 2 rings (SSSR count). The summed E-state index contributed by atoms with van der Waals surface area (Å²) >= 11 is 6.00. The van der Waals surface area contributed by atoms with Gasteiger partial charge in [0.1, 0.15) is 5.75 Å². The van der Waals surface area contributed by atoms with Gasteiger partial charge in [-0.25, -0.2) is 17.5 Å². The molecule has 0 aliphatic heterocycles. The number of carbonyl (C=O) groups excluding carboxylic acids is 2. The van der Waals surface area contributed by atoms with Crippen molar-refractivity contribution in [3.8, 4) is 5.75 Å². The maximum absolute atomic E-state index is 12.2. The number of hydrogen-bond acceptors (Lipinski definition) is 6. The van der Waals surface area contributed by atoms with E-state index in [-0.39, 0.29) is 21.4 Å². The molecule has 0 heterocycles. The lowest BCUT2D eigenvalue weighted by molar-refractivity contribution is -0.142. The van der Waals surface area contributed by atoms with Gasteiger partial charge in [-0.1, -0.05) is 23.7 Å². The van der Waals surface area contributed by atoms with Crippen LogP contribution in [0.15, 0.2) is 53.4 Å². The quantitative estimate of drug-likeness (QED) is 0.429. The number of rotatable bonds is 9. The van der Waals surface area contributed by atoms with Crippen LogP contribution in [0.25, 0.3) is 6.08 Å². The molecule has 0 saturated heterocycles. The van der Waals surface area contributed by atoms with Gasteiger partial charge in [0.25, 0.3) is 5.91 Å². The van der Waals surface area contributed by atoms with E-state index in [2.05, 4.69) is 10.1 Å². The second-order valence-corrected chi connectivity index (χ2v) is 8.92. The van der Waals surface area contributed by atoms with Crippen molar-refractivity contribution in [1.82, 2.24) is 4.31 Å². The standard InChI is InChI=1S/C20H19ClF2N2O6S/c1-25(2)32(28,29)15-8-9-16(21)17(11-15)24-18(26)12-30-19(27)10-5-13-3-6-14(7-4-13)31-20(22)23/h3-11,20H,12H2,1-2H3,(H,24,26). The Morgan fingerprint density at radius 3 is 2.41 bits per heavy atom. The molecule has 0 atom stereocenters. The lowest BCUT2D eigenvalue weighted by Gasteiger charge is -2.13. The number of amides is 1. The average Bonchev–Trinajstić information content (AvgIpc) is 2.72. The molecule has 0 spiro atoms. The van der Waals surface area contributed by atoms with Gasteiger partial charge in [0.15, 0.2) is 6.61 Å². The van der Waals surface area contributed by atoms with Crippen LogP contribution in [0.3, 0.4) is 0 Å². The van der Waals surface area contributed by atoms with E-state index in [0.717, 1.165) is 10.4 Å². The fraction of sp³-hybridized carbons (Fsp3) is 0.200. The minimum atomic E-state index is -3.74. The van der Waals surface area contributed by atoms with Gasteiger partial charge in [-0.2, -0.15) is 8.78 Å². The van der Waals surface area contributed by atoms with E-state index in [4.69, 9.17) is 16.3 Å². The van der Waals surface area contributed by atoms with Gasteiger partial charge < -0.3 is 14.8 Å². The second-order valence-electron chi connectivity index (χ2n) is 6.37. The molecule has 0 aliphatic carbocycles. The van der Waals surface area contributed by atoms with Gasteiger partial charge >= 0.3 is 12.6 Å². The summed E-state index contributed by atoms with van der Waals surface area (Å²) < 4.78 is 58.7. The molecule has 0 saturated carbocycles. The number of nitrogens with one attached hydrogen (secondary N) is 1. The first kappa shape index (κ1) is 25.2. The topological polar surface area (TPSA) is 102 Å². The van der Waals surface area contributed by atoms with Gasteiger partial charge in [0.2, 0.25) is 10.0 Å². The summed E-state index contributed by atoms with van der Waals surface area (Å²) in [7, 11) is -1.01. The molecule has 2 aromatic rings. The highest BCUT2D eigenvalue weighted by atomic mass is 35.5. The molecule has 0 aliphatic rings. The molecule has 12 heteroatoms. The predicted octanol–water partition coefficient (Wildman–Crippen LogP) is 3.39. The normalized spacial score (nSPS) is 11.7. The summed E-state index contributed by atoms with van der Waals surface area (Å²) in [4.78, 5) is 23.8. The molecule has 2 aromatic carbocycles. The summed E-state index contributed by atoms with van der Waals surface area (Å²) in [5.74, 6) is -1.60. The zero-order valence-electron chi connectivity index (χ0n) is 16.9. The van der Waals surface area contributed by atoms with Crippen molar-refractivity contribution < 1.29 is 36.3 Å². The van der Waals surface area contributed by atoms with Crippen LogP contribution in [-0.4, -0.2) is 51.9 Å². The SMILES string of the molecule is CN(C)S(=O)(=O)c1ccc(Cl)c(NC(=O)COC(=O)C=Cc2ccc(OC(F)F)cc2)c1. The largest absolute Gasteiger partial charge is 0.452 e. The minimum absolute atomic E-state index is 0.0301. The highest BCUT2D eigenvalue weighted by Crippen LogP contribution is 2.26. The number of sulfonamides is 1. The summed E-state index contributed by atoms with van der Waals surface area (Å²) in [6.45, 7) is -3.59. The van der Waals surface area contributed by atoms with Gasteiger partial charge in [0, 0.05) is 20.2 Å². The Labute approximate surface area is 188 Å². The van der Waals surface area contributed by atoms with Crippen LogP contribution >= 0.6 is 11.6 Å². The first-order valence-corrected chi connectivity index (χ1v) is 10.7.